The number of aliphatic carboxylic acids is 1. The van der Waals surface area contributed by atoms with Crippen molar-refractivity contribution in [3.63, 3.8) is 0 Å². The van der Waals surface area contributed by atoms with Crippen LogP contribution in [-0.4, -0.2) is 17.0 Å². The van der Waals surface area contributed by atoms with Crippen LogP contribution in [0.2, 0.25) is 0 Å². The molecule has 0 bridgehead atoms. The molecule has 1 unspecified atom stereocenters. The molecule has 0 saturated carbocycles. The van der Waals surface area contributed by atoms with Gasteiger partial charge in [-0.1, -0.05) is 12.1 Å². The molecule has 2 aromatic rings. The van der Waals surface area contributed by atoms with Gasteiger partial charge in [0.05, 0.1) is 24.3 Å². The second-order valence-electron chi connectivity index (χ2n) is 4.12. The standard InChI is InChI=1S/C14H12BrNO4/c15-10-5-2-1-4-9(10)14(19)16-11(8-13(17)18)12-6-3-7-20-12/h1-7,11H,8H2,(H,16,19)(H,17,18). The van der Waals surface area contributed by atoms with Crippen LogP contribution in [-0.2, 0) is 4.79 Å². The smallest absolute Gasteiger partial charge is 0.305 e. The average molecular weight is 338 g/mol. The summed E-state index contributed by atoms with van der Waals surface area (Å²) in [7, 11) is 0. The number of furan rings is 1. The number of nitrogens with one attached hydrogen (secondary N) is 1. The summed E-state index contributed by atoms with van der Waals surface area (Å²) in [6, 6.07) is 9.50. The van der Waals surface area contributed by atoms with Gasteiger partial charge in [-0.15, -0.1) is 0 Å². The van der Waals surface area contributed by atoms with Crippen molar-refractivity contribution in [2.75, 3.05) is 0 Å². The Morgan fingerprint density at radius 1 is 1.25 bits per heavy atom. The van der Waals surface area contributed by atoms with Crippen molar-refractivity contribution >= 4 is 27.8 Å². The molecule has 0 saturated heterocycles. The maximum atomic E-state index is 12.2. The molecular weight excluding hydrogens is 326 g/mol. The Kier molecular flexibility index (Phi) is 4.57. The number of halogens is 1. The predicted octanol–water partition coefficient (Wildman–Crippen LogP) is 2.99. The van der Waals surface area contributed by atoms with Gasteiger partial charge >= 0.3 is 5.97 Å². The van der Waals surface area contributed by atoms with E-state index < -0.39 is 12.0 Å². The van der Waals surface area contributed by atoms with Gasteiger partial charge in [-0.05, 0) is 40.2 Å². The van der Waals surface area contributed by atoms with Gasteiger partial charge in [-0.25, -0.2) is 0 Å². The minimum absolute atomic E-state index is 0.246. The Balaban J connectivity index is 2.18. The van der Waals surface area contributed by atoms with Crippen LogP contribution in [0.5, 0.6) is 0 Å². The van der Waals surface area contributed by atoms with E-state index in [9.17, 15) is 9.59 Å². The van der Waals surface area contributed by atoms with Gasteiger partial charge in [0.15, 0.2) is 0 Å². The first kappa shape index (κ1) is 14.3. The van der Waals surface area contributed by atoms with Crippen LogP contribution in [0.25, 0.3) is 0 Å². The molecule has 2 rings (SSSR count). The number of hydrogen-bond acceptors (Lipinski definition) is 3. The lowest BCUT2D eigenvalue weighted by Gasteiger charge is -2.15. The minimum atomic E-state index is -1.01. The molecular formula is C14H12BrNO4. The lowest BCUT2D eigenvalue weighted by Crippen LogP contribution is -2.30. The van der Waals surface area contributed by atoms with E-state index in [1.807, 2.05) is 0 Å². The minimum Gasteiger partial charge on any atom is -0.481 e. The maximum Gasteiger partial charge on any atom is 0.305 e. The van der Waals surface area contributed by atoms with Crippen molar-refractivity contribution in [3.05, 3.63) is 58.5 Å². The lowest BCUT2D eigenvalue weighted by molar-refractivity contribution is -0.137. The molecule has 1 amide bonds. The Hall–Kier alpha value is -2.08. The van der Waals surface area contributed by atoms with Crippen molar-refractivity contribution in [2.45, 2.75) is 12.5 Å². The molecule has 2 N–H and O–H groups in total. The number of amides is 1. The summed E-state index contributed by atoms with van der Waals surface area (Å²) in [5.74, 6) is -0.966. The third-order valence-corrected chi connectivity index (χ3v) is 3.38. The van der Waals surface area contributed by atoms with Crippen LogP contribution in [0.1, 0.15) is 28.6 Å². The van der Waals surface area contributed by atoms with Crippen LogP contribution in [0.4, 0.5) is 0 Å². The van der Waals surface area contributed by atoms with E-state index >= 15 is 0 Å². The van der Waals surface area contributed by atoms with Crippen LogP contribution < -0.4 is 5.32 Å². The normalized spacial score (nSPS) is 11.8. The topological polar surface area (TPSA) is 79.5 Å². The Morgan fingerprint density at radius 2 is 2.00 bits per heavy atom. The Labute approximate surface area is 123 Å². The highest BCUT2D eigenvalue weighted by atomic mass is 79.9. The Bertz CT molecular complexity index is 609. The molecule has 0 aliphatic rings. The molecule has 0 aliphatic carbocycles. The van der Waals surface area contributed by atoms with Crippen molar-refractivity contribution in [3.8, 4) is 0 Å². The number of hydrogen-bond donors (Lipinski definition) is 2. The van der Waals surface area contributed by atoms with E-state index in [0.29, 0.717) is 15.8 Å². The zero-order chi connectivity index (χ0) is 14.5. The zero-order valence-corrected chi connectivity index (χ0v) is 12.0. The fourth-order valence-electron chi connectivity index (χ4n) is 1.77. The molecule has 0 spiro atoms. The summed E-state index contributed by atoms with van der Waals surface area (Å²) in [6.07, 6.45) is 1.19. The highest BCUT2D eigenvalue weighted by molar-refractivity contribution is 9.10. The van der Waals surface area contributed by atoms with Crippen LogP contribution in [0, 0.1) is 0 Å². The van der Waals surface area contributed by atoms with Gasteiger partial charge in [0, 0.05) is 4.47 Å². The number of carbonyl (C=O) groups is 2. The quantitative estimate of drug-likeness (QED) is 0.878. The van der Waals surface area contributed by atoms with Gasteiger partial charge in [-0.3, -0.25) is 9.59 Å². The summed E-state index contributed by atoms with van der Waals surface area (Å²) in [6.45, 7) is 0. The lowest BCUT2D eigenvalue weighted by atomic mass is 10.1. The molecule has 1 aromatic heterocycles. The third-order valence-electron chi connectivity index (χ3n) is 2.69. The van der Waals surface area contributed by atoms with Gasteiger partial charge in [0.25, 0.3) is 5.91 Å². The molecule has 0 fully saturated rings. The largest absolute Gasteiger partial charge is 0.481 e. The SMILES string of the molecule is O=C(O)CC(NC(=O)c1ccccc1Br)c1ccco1. The summed E-state index contributed by atoms with van der Waals surface area (Å²) >= 11 is 3.29. The summed E-state index contributed by atoms with van der Waals surface area (Å²) in [5, 5.41) is 11.6. The average Bonchev–Trinajstić information content (AvgIpc) is 2.91. The first-order valence-corrected chi connectivity index (χ1v) is 6.68. The Morgan fingerprint density at radius 3 is 2.60 bits per heavy atom. The molecule has 0 radical (unpaired) electrons. The fourth-order valence-corrected chi connectivity index (χ4v) is 2.23. The van der Waals surface area contributed by atoms with E-state index in [0.717, 1.165) is 0 Å². The van der Waals surface area contributed by atoms with Gasteiger partial charge in [-0.2, -0.15) is 0 Å². The van der Waals surface area contributed by atoms with Crippen LogP contribution in [0.3, 0.4) is 0 Å². The van der Waals surface area contributed by atoms with Crippen molar-refractivity contribution in [2.24, 2.45) is 0 Å². The highest BCUT2D eigenvalue weighted by Crippen LogP contribution is 2.20. The molecule has 6 heteroatoms. The van der Waals surface area contributed by atoms with E-state index in [2.05, 4.69) is 21.2 Å². The van der Waals surface area contributed by atoms with Crippen LogP contribution in [0.15, 0.2) is 51.6 Å². The molecule has 1 aromatic carbocycles. The zero-order valence-electron chi connectivity index (χ0n) is 10.4. The second kappa shape index (κ2) is 6.38. The third kappa shape index (κ3) is 3.48. The molecule has 104 valence electrons. The number of carboxylic acids is 1. The summed E-state index contributed by atoms with van der Waals surface area (Å²) in [5.41, 5.74) is 0.439. The summed E-state index contributed by atoms with van der Waals surface area (Å²) in [4.78, 5) is 23.1. The first-order chi connectivity index (χ1) is 9.58. The number of rotatable bonds is 5. The van der Waals surface area contributed by atoms with Gasteiger partial charge < -0.3 is 14.8 Å². The second-order valence-corrected chi connectivity index (χ2v) is 4.97. The first-order valence-electron chi connectivity index (χ1n) is 5.88. The monoisotopic (exact) mass is 337 g/mol. The van der Waals surface area contributed by atoms with Crippen molar-refractivity contribution < 1.29 is 19.1 Å². The van der Waals surface area contributed by atoms with Crippen LogP contribution >= 0.6 is 15.9 Å². The molecule has 1 atom stereocenters. The number of carboxylic acid groups (broad SMARTS) is 1. The molecule has 20 heavy (non-hydrogen) atoms. The van der Waals surface area contributed by atoms with Crippen molar-refractivity contribution in [1.82, 2.24) is 5.32 Å². The molecule has 0 aliphatic heterocycles. The maximum absolute atomic E-state index is 12.2. The number of benzene rings is 1. The van der Waals surface area contributed by atoms with Gasteiger partial charge in [0.1, 0.15) is 5.76 Å². The van der Waals surface area contributed by atoms with E-state index in [1.54, 1.807) is 36.4 Å². The predicted molar refractivity (Wildman–Crippen MR) is 75.3 cm³/mol. The highest BCUT2D eigenvalue weighted by Gasteiger charge is 2.21. The van der Waals surface area contributed by atoms with E-state index in [4.69, 9.17) is 9.52 Å². The fraction of sp³-hybridized carbons (Fsp3) is 0.143. The molecule has 1 heterocycles. The number of carbonyl (C=O) groups excluding carboxylic acids is 1. The van der Waals surface area contributed by atoms with E-state index in [-0.39, 0.29) is 12.3 Å². The molecule has 5 nitrogen and oxygen atoms in total. The summed E-state index contributed by atoms with van der Waals surface area (Å²) < 4.78 is 5.82. The van der Waals surface area contributed by atoms with E-state index in [1.165, 1.54) is 6.26 Å². The van der Waals surface area contributed by atoms with Gasteiger partial charge in [0.2, 0.25) is 0 Å². The van der Waals surface area contributed by atoms with Crippen molar-refractivity contribution in [1.29, 1.82) is 0 Å².